The van der Waals surface area contributed by atoms with Crippen molar-refractivity contribution in [2.75, 3.05) is 0 Å². The molecule has 2 rings (SSSR count). The van der Waals surface area contributed by atoms with Gasteiger partial charge in [-0.05, 0) is 13.8 Å². The maximum absolute atomic E-state index is 10.0. The number of nitrogens with zero attached hydrogens (tertiary/aromatic N) is 3. The van der Waals surface area contributed by atoms with Gasteiger partial charge in [0.05, 0.1) is 16.4 Å². The molecular weight excluding hydrogens is 240 g/mol. The number of rotatable bonds is 4. The third kappa shape index (κ3) is 2.35. The van der Waals surface area contributed by atoms with E-state index in [2.05, 4.69) is 15.1 Å². The number of aliphatic hydroxyl groups excluding tert-OH is 1. The molecule has 0 aromatic carbocycles. The van der Waals surface area contributed by atoms with Crippen LogP contribution < -0.4 is 0 Å². The van der Waals surface area contributed by atoms with E-state index in [1.807, 2.05) is 18.5 Å². The summed E-state index contributed by atoms with van der Waals surface area (Å²) in [6.45, 7) is 4.58. The van der Waals surface area contributed by atoms with E-state index in [-0.39, 0.29) is 0 Å². The summed E-state index contributed by atoms with van der Waals surface area (Å²) in [6.07, 6.45) is 3.01. The lowest BCUT2D eigenvalue weighted by Crippen LogP contribution is -2.09. The highest BCUT2D eigenvalue weighted by molar-refractivity contribution is 6.31. The van der Waals surface area contributed by atoms with Gasteiger partial charge in [-0.2, -0.15) is 5.10 Å². The molecule has 2 aromatic heterocycles. The molecule has 5 nitrogen and oxygen atoms in total. The van der Waals surface area contributed by atoms with Gasteiger partial charge in [0.1, 0.15) is 11.9 Å². The van der Waals surface area contributed by atoms with Crippen molar-refractivity contribution >= 4 is 11.6 Å². The Morgan fingerprint density at radius 3 is 2.94 bits per heavy atom. The van der Waals surface area contributed by atoms with Gasteiger partial charge >= 0.3 is 0 Å². The number of aromatic nitrogens is 4. The van der Waals surface area contributed by atoms with Crippen LogP contribution in [0.15, 0.2) is 12.4 Å². The van der Waals surface area contributed by atoms with Crippen molar-refractivity contribution in [3.63, 3.8) is 0 Å². The third-order valence-corrected chi connectivity index (χ3v) is 3.17. The predicted molar refractivity (Wildman–Crippen MR) is 64.9 cm³/mol. The number of nitrogens with one attached hydrogen (secondary N) is 1. The molecule has 2 heterocycles. The van der Waals surface area contributed by atoms with Gasteiger partial charge in [0, 0.05) is 25.4 Å². The zero-order valence-corrected chi connectivity index (χ0v) is 10.6. The normalized spacial score (nSPS) is 12.9. The summed E-state index contributed by atoms with van der Waals surface area (Å²) in [7, 11) is 0. The second-order valence-electron chi connectivity index (χ2n) is 3.86. The maximum atomic E-state index is 10.0. The summed E-state index contributed by atoms with van der Waals surface area (Å²) in [5.74, 6) is 0.544. The van der Waals surface area contributed by atoms with Crippen LogP contribution in [-0.4, -0.2) is 24.9 Å². The lowest BCUT2D eigenvalue weighted by Gasteiger charge is -2.09. The van der Waals surface area contributed by atoms with E-state index in [0.717, 1.165) is 17.9 Å². The molecule has 0 aliphatic rings. The number of hydrogen-bond donors (Lipinski definition) is 2. The molecule has 0 saturated heterocycles. The number of imidazole rings is 1. The van der Waals surface area contributed by atoms with E-state index in [9.17, 15) is 5.11 Å². The Labute approximate surface area is 104 Å². The molecule has 0 amide bonds. The van der Waals surface area contributed by atoms with Gasteiger partial charge in [-0.25, -0.2) is 4.98 Å². The lowest BCUT2D eigenvalue weighted by atomic mass is 10.2. The van der Waals surface area contributed by atoms with Crippen LogP contribution in [0.25, 0.3) is 0 Å². The summed E-state index contributed by atoms with van der Waals surface area (Å²) in [5, 5.41) is 15.0. The molecule has 0 aliphatic heterocycles. The molecule has 0 bridgehead atoms. The second-order valence-corrected chi connectivity index (χ2v) is 4.23. The van der Waals surface area contributed by atoms with Crippen molar-refractivity contribution < 1.29 is 5.11 Å². The van der Waals surface area contributed by atoms with Crippen LogP contribution in [0.2, 0.25) is 5.02 Å². The van der Waals surface area contributed by atoms with Crippen molar-refractivity contribution in [1.29, 1.82) is 0 Å². The summed E-state index contributed by atoms with van der Waals surface area (Å²) in [5.41, 5.74) is 1.63. The second kappa shape index (κ2) is 4.89. The molecule has 2 N–H and O–H groups in total. The maximum Gasteiger partial charge on any atom is 0.135 e. The Hall–Kier alpha value is -1.33. The SMILES string of the molecule is CCn1nc(C)c(Cl)c1CC(O)c1ncc[nH]1. The first-order valence-corrected chi connectivity index (χ1v) is 5.90. The van der Waals surface area contributed by atoms with Gasteiger partial charge in [-0.3, -0.25) is 4.68 Å². The zero-order valence-electron chi connectivity index (χ0n) is 9.81. The number of H-pyrrole nitrogens is 1. The van der Waals surface area contributed by atoms with Crippen molar-refractivity contribution in [3.8, 4) is 0 Å². The van der Waals surface area contributed by atoms with Gasteiger partial charge in [0.15, 0.2) is 0 Å². The van der Waals surface area contributed by atoms with Gasteiger partial charge < -0.3 is 10.1 Å². The Morgan fingerprint density at radius 2 is 2.35 bits per heavy atom. The quantitative estimate of drug-likeness (QED) is 0.875. The van der Waals surface area contributed by atoms with Crippen LogP contribution in [0.3, 0.4) is 0 Å². The fraction of sp³-hybridized carbons (Fsp3) is 0.455. The highest BCUT2D eigenvalue weighted by Gasteiger charge is 2.18. The molecule has 0 saturated carbocycles. The highest BCUT2D eigenvalue weighted by atomic mass is 35.5. The average Bonchev–Trinajstić information content (AvgIpc) is 2.92. The Kier molecular flexibility index (Phi) is 3.49. The van der Waals surface area contributed by atoms with Crippen LogP contribution >= 0.6 is 11.6 Å². The van der Waals surface area contributed by atoms with Crippen molar-refractivity contribution in [1.82, 2.24) is 19.7 Å². The Bertz CT molecular complexity index is 492. The standard InChI is InChI=1S/C11H15ClN4O/c1-3-16-8(10(12)7(2)15-16)6-9(17)11-13-4-5-14-11/h4-5,9,17H,3,6H2,1-2H3,(H,13,14). The summed E-state index contributed by atoms with van der Waals surface area (Å²) < 4.78 is 1.81. The highest BCUT2D eigenvalue weighted by Crippen LogP contribution is 2.24. The van der Waals surface area contributed by atoms with Gasteiger partial charge in [-0.15, -0.1) is 0 Å². The van der Waals surface area contributed by atoms with Crippen molar-refractivity contribution in [2.24, 2.45) is 0 Å². The molecule has 0 spiro atoms. The monoisotopic (exact) mass is 254 g/mol. The first-order valence-electron chi connectivity index (χ1n) is 5.52. The minimum Gasteiger partial charge on any atom is -0.385 e. The molecule has 2 aromatic rings. The van der Waals surface area contributed by atoms with E-state index < -0.39 is 6.10 Å². The first kappa shape index (κ1) is 12.1. The van der Waals surface area contributed by atoms with Crippen LogP contribution in [0, 0.1) is 6.92 Å². The summed E-state index contributed by atoms with van der Waals surface area (Å²) in [4.78, 5) is 6.91. The summed E-state index contributed by atoms with van der Waals surface area (Å²) >= 11 is 6.17. The van der Waals surface area contributed by atoms with E-state index in [0.29, 0.717) is 17.3 Å². The molecule has 0 aliphatic carbocycles. The van der Waals surface area contributed by atoms with Crippen LogP contribution in [-0.2, 0) is 13.0 Å². The third-order valence-electron chi connectivity index (χ3n) is 2.67. The zero-order chi connectivity index (χ0) is 12.4. The van der Waals surface area contributed by atoms with Gasteiger partial charge in [0.2, 0.25) is 0 Å². The number of halogens is 1. The minimum atomic E-state index is -0.691. The largest absolute Gasteiger partial charge is 0.385 e. The lowest BCUT2D eigenvalue weighted by molar-refractivity contribution is 0.166. The molecule has 0 radical (unpaired) electrons. The van der Waals surface area contributed by atoms with E-state index in [1.54, 1.807) is 12.4 Å². The van der Waals surface area contributed by atoms with Crippen LogP contribution in [0.1, 0.15) is 30.2 Å². The number of hydrogen-bond acceptors (Lipinski definition) is 3. The van der Waals surface area contributed by atoms with Crippen LogP contribution in [0.5, 0.6) is 0 Å². The summed E-state index contributed by atoms with van der Waals surface area (Å²) in [6, 6.07) is 0. The first-order chi connectivity index (χ1) is 8.13. The van der Waals surface area contributed by atoms with Crippen LogP contribution in [0.4, 0.5) is 0 Å². The molecular formula is C11H15ClN4O. The number of aromatic amines is 1. The molecule has 1 unspecified atom stereocenters. The smallest absolute Gasteiger partial charge is 0.135 e. The number of aliphatic hydroxyl groups is 1. The molecule has 92 valence electrons. The van der Waals surface area contributed by atoms with E-state index in [1.165, 1.54) is 0 Å². The Morgan fingerprint density at radius 1 is 1.59 bits per heavy atom. The predicted octanol–water partition coefficient (Wildman–Crippen LogP) is 1.86. The molecule has 0 fully saturated rings. The Balaban J connectivity index is 2.24. The molecule has 1 atom stereocenters. The van der Waals surface area contributed by atoms with E-state index >= 15 is 0 Å². The van der Waals surface area contributed by atoms with Gasteiger partial charge in [0.25, 0.3) is 0 Å². The van der Waals surface area contributed by atoms with Crippen molar-refractivity contribution in [2.45, 2.75) is 32.9 Å². The van der Waals surface area contributed by atoms with Gasteiger partial charge in [-0.1, -0.05) is 11.6 Å². The van der Waals surface area contributed by atoms with E-state index in [4.69, 9.17) is 11.6 Å². The average molecular weight is 255 g/mol. The minimum absolute atomic E-state index is 0.404. The van der Waals surface area contributed by atoms with Crippen molar-refractivity contribution in [3.05, 3.63) is 34.6 Å². The molecule has 17 heavy (non-hydrogen) atoms. The fourth-order valence-corrected chi connectivity index (χ4v) is 2.02. The number of aryl methyl sites for hydroxylation is 2. The fourth-order valence-electron chi connectivity index (χ4n) is 1.80. The topological polar surface area (TPSA) is 66.7 Å². The molecule has 6 heteroatoms.